The van der Waals surface area contributed by atoms with Crippen LogP contribution in [0.1, 0.15) is 23.0 Å². The predicted molar refractivity (Wildman–Crippen MR) is 105 cm³/mol. The predicted octanol–water partition coefficient (Wildman–Crippen LogP) is 2.36. The highest BCUT2D eigenvalue weighted by Crippen LogP contribution is 2.15. The molecular weight excluding hydrogens is 366 g/mol. The van der Waals surface area contributed by atoms with Crippen LogP contribution in [0.4, 0.5) is 5.69 Å². The van der Waals surface area contributed by atoms with Crippen molar-refractivity contribution in [2.24, 2.45) is 0 Å². The van der Waals surface area contributed by atoms with Crippen LogP contribution in [-0.2, 0) is 9.59 Å². The lowest BCUT2D eigenvalue weighted by molar-refractivity contribution is -0.124. The number of thiophene rings is 1. The van der Waals surface area contributed by atoms with Gasteiger partial charge in [-0.2, -0.15) is 0 Å². The summed E-state index contributed by atoms with van der Waals surface area (Å²) >= 11 is 1.34. The van der Waals surface area contributed by atoms with Crippen LogP contribution >= 0.6 is 11.3 Å². The number of benzene rings is 1. The van der Waals surface area contributed by atoms with Crippen molar-refractivity contribution in [1.82, 2.24) is 10.2 Å². The van der Waals surface area contributed by atoms with Crippen molar-refractivity contribution in [3.05, 3.63) is 46.7 Å². The number of ether oxygens (including phenoxy) is 1. The number of carbonyl (C=O) groups excluding carboxylic acids is 3. The Morgan fingerprint density at radius 3 is 2.44 bits per heavy atom. The maximum atomic E-state index is 12.4. The minimum Gasteiger partial charge on any atom is -0.497 e. The zero-order chi connectivity index (χ0) is 19.6. The van der Waals surface area contributed by atoms with E-state index >= 15 is 0 Å². The van der Waals surface area contributed by atoms with Crippen molar-refractivity contribution in [3.8, 4) is 5.75 Å². The largest absolute Gasteiger partial charge is 0.497 e. The third-order valence-electron chi connectivity index (χ3n) is 3.67. The molecule has 8 heteroatoms. The third kappa shape index (κ3) is 6.41. The quantitative estimate of drug-likeness (QED) is 0.689. The summed E-state index contributed by atoms with van der Waals surface area (Å²) in [5.41, 5.74) is 0.607. The molecule has 0 unspecified atom stereocenters. The van der Waals surface area contributed by atoms with E-state index in [0.717, 1.165) is 6.42 Å². The minimum absolute atomic E-state index is 0.0829. The monoisotopic (exact) mass is 389 g/mol. The standard InChI is InChI=1S/C19H23N3O4S/c1-3-10-22(19(25)16-5-4-11-27-16)13-18(24)20-12-17(23)21-14-6-8-15(26-2)9-7-14/h4-9,11H,3,10,12-13H2,1-2H3,(H,20,24)(H,21,23). The number of hydrogen-bond donors (Lipinski definition) is 2. The Balaban J connectivity index is 1.82. The molecule has 0 spiro atoms. The van der Waals surface area contributed by atoms with Crippen molar-refractivity contribution in [2.45, 2.75) is 13.3 Å². The Hall–Kier alpha value is -2.87. The molecule has 1 aromatic carbocycles. The Kier molecular flexibility index (Phi) is 7.81. The van der Waals surface area contributed by atoms with Crippen molar-refractivity contribution in [1.29, 1.82) is 0 Å². The number of anilines is 1. The smallest absolute Gasteiger partial charge is 0.264 e. The number of rotatable bonds is 9. The lowest BCUT2D eigenvalue weighted by Gasteiger charge is -2.20. The zero-order valence-corrected chi connectivity index (χ0v) is 16.2. The normalized spacial score (nSPS) is 10.1. The van der Waals surface area contributed by atoms with Crippen molar-refractivity contribution < 1.29 is 19.1 Å². The average molecular weight is 389 g/mol. The lowest BCUT2D eigenvalue weighted by atomic mass is 10.3. The van der Waals surface area contributed by atoms with Gasteiger partial charge in [0.25, 0.3) is 5.91 Å². The number of nitrogens with zero attached hydrogens (tertiary/aromatic N) is 1. The summed E-state index contributed by atoms with van der Waals surface area (Å²) in [5, 5.41) is 7.05. The maximum Gasteiger partial charge on any atom is 0.264 e. The second kappa shape index (κ2) is 10.3. The van der Waals surface area contributed by atoms with E-state index in [1.807, 2.05) is 12.3 Å². The summed E-state index contributed by atoms with van der Waals surface area (Å²) < 4.78 is 5.05. The lowest BCUT2D eigenvalue weighted by Crippen LogP contribution is -2.43. The number of amides is 3. The Morgan fingerprint density at radius 1 is 1.11 bits per heavy atom. The molecule has 1 aromatic heterocycles. The second-order valence-corrected chi connectivity index (χ2v) is 6.71. The Labute approximate surface area is 162 Å². The van der Waals surface area contributed by atoms with E-state index in [-0.39, 0.29) is 30.8 Å². The SMILES string of the molecule is CCCN(CC(=O)NCC(=O)Nc1ccc(OC)cc1)C(=O)c1cccs1. The van der Waals surface area contributed by atoms with Gasteiger partial charge in [-0.05, 0) is 42.1 Å². The molecule has 2 rings (SSSR count). The number of hydrogen-bond acceptors (Lipinski definition) is 5. The summed E-state index contributed by atoms with van der Waals surface area (Å²) in [5.74, 6) is -0.212. The maximum absolute atomic E-state index is 12.4. The van der Waals surface area contributed by atoms with Crippen LogP contribution in [0.5, 0.6) is 5.75 Å². The number of carbonyl (C=O) groups is 3. The first kappa shape index (κ1) is 20.4. The molecule has 0 saturated carbocycles. The van der Waals surface area contributed by atoms with Gasteiger partial charge in [0.1, 0.15) is 5.75 Å². The van der Waals surface area contributed by atoms with Crippen LogP contribution in [0.3, 0.4) is 0 Å². The van der Waals surface area contributed by atoms with Gasteiger partial charge in [-0.1, -0.05) is 13.0 Å². The van der Waals surface area contributed by atoms with Gasteiger partial charge >= 0.3 is 0 Å². The fraction of sp³-hybridized carbons (Fsp3) is 0.316. The molecule has 1 heterocycles. The minimum atomic E-state index is -0.377. The molecule has 0 aliphatic carbocycles. The van der Waals surface area contributed by atoms with Gasteiger partial charge in [-0.3, -0.25) is 14.4 Å². The molecule has 0 saturated heterocycles. The van der Waals surface area contributed by atoms with Gasteiger partial charge in [0.15, 0.2) is 0 Å². The molecule has 7 nitrogen and oxygen atoms in total. The topological polar surface area (TPSA) is 87.7 Å². The Bertz CT molecular complexity index is 760. The van der Waals surface area contributed by atoms with Crippen LogP contribution in [0.15, 0.2) is 41.8 Å². The summed E-state index contributed by atoms with van der Waals surface area (Å²) in [6.07, 6.45) is 0.738. The van der Waals surface area contributed by atoms with Crippen molar-refractivity contribution >= 4 is 34.7 Å². The van der Waals surface area contributed by atoms with Crippen LogP contribution in [0.2, 0.25) is 0 Å². The number of methoxy groups -OCH3 is 1. The van der Waals surface area contributed by atoms with E-state index in [9.17, 15) is 14.4 Å². The first-order valence-corrected chi connectivity index (χ1v) is 9.44. The summed E-state index contributed by atoms with van der Waals surface area (Å²) in [7, 11) is 1.56. The van der Waals surface area contributed by atoms with Gasteiger partial charge in [0, 0.05) is 12.2 Å². The van der Waals surface area contributed by atoms with Gasteiger partial charge in [0.05, 0.1) is 25.1 Å². The molecule has 0 bridgehead atoms. The third-order valence-corrected chi connectivity index (χ3v) is 4.52. The summed E-state index contributed by atoms with van der Waals surface area (Å²) in [6, 6.07) is 10.4. The average Bonchev–Trinajstić information content (AvgIpc) is 3.21. The van der Waals surface area contributed by atoms with E-state index in [0.29, 0.717) is 22.9 Å². The fourth-order valence-electron chi connectivity index (χ4n) is 2.37. The molecule has 27 heavy (non-hydrogen) atoms. The highest BCUT2D eigenvalue weighted by molar-refractivity contribution is 7.12. The van der Waals surface area contributed by atoms with E-state index in [1.54, 1.807) is 43.5 Å². The molecule has 0 fully saturated rings. The molecule has 3 amide bonds. The molecule has 0 radical (unpaired) electrons. The molecule has 2 aromatic rings. The van der Waals surface area contributed by atoms with Crippen LogP contribution in [0.25, 0.3) is 0 Å². The zero-order valence-electron chi connectivity index (χ0n) is 15.4. The Morgan fingerprint density at radius 2 is 1.85 bits per heavy atom. The molecule has 2 N–H and O–H groups in total. The second-order valence-electron chi connectivity index (χ2n) is 5.76. The highest BCUT2D eigenvalue weighted by atomic mass is 32.1. The summed E-state index contributed by atoms with van der Waals surface area (Å²) in [6.45, 7) is 2.16. The number of nitrogens with one attached hydrogen (secondary N) is 2. The fourth-order valence-corrected chi connectivity index (χ4v) is 3.06. The van der Waals surface area contributed by atoms with Crippen molar-refractivity contribution in [2.75, 3.05) is 32.1 Å². The van der Waals surface area contributed by atoms with E-state index in [2.05, 4.69) is 10.6 Å². The molecule has 0 aliphatic rings. The van der Waals surface area contributed by atoms with Crippen LogP contribution in [-0.4, -0.2) is 49.4 Å². The van der Waals surface area contributed by atoms with E-state index in [4.69, 9.17) is 4.74 Å². The molecule has 144 valence electrons. The van der Waals surface area contributed by atoms with Gasteiger partial charge < -0.3 is 20.3 Å². The van der Waals surface area contributed by atoms with E-state index in [1.165, 1.54) is 16.2 Å². The summed E-state index contributed by atoms with van der Waals surface area (Å²) in [4.78, 5) is 38.6. The first-order chi connectivity index (χ1) is 13.0. The van der Waals surface area contributed by atoms with Gasteiger partial charge in [-0.25, -0.2) is 0 Å². The van der Waals surface area contributed by atoms with Crippen LogP contribution in [0, 0.1) is 0 Å². The molecular formula is C19H23N3O4S. The highest BCUT2D eigenvalue weighted by Gasteiger charge is 2.19. The van der Waals surface area contributed by atoms with Gasteiger partial charge in [-0.15, -0.1) is 11.3 Å². The molecule has 0 aliphatic heterocycles. The van der Waals surface area contributed by atoms with Crippen molar-refractivity contribution in [3.63, 3.8) is 0 Å². The van der Waals surface area contributed by atoms with E-state index < -0.39 is 0 Å². The first-order valence-electron chi connectivity index (χ1n) is 8.57. The van der Waals surface area contributed by atoms with Crippen LogP contribution < -0.4 is 15.4 Å². The van der Waals surface area contributed by atoms with Gasteiger partial charge in [0.2, 0.25) is 11.8 Å². The molecule has 0 atom stereocenters.